The standard InChI is InChI=1S/C14H10BrFN2O3/c15-9-5-4-7(14(20)21)6-11(9)18-13(19)8-2-1-3-10(16)12(8)17/h1-6H,17H2,(H,18,19)(H,20,21). The van der Waals surface area contributed by atoms with Crippen molar-refractivity contribution in [2.24, 2.45) is 0 Å². The van der Waals surface area contributed by atoms with Crippen LogP contribution in [-0.2, 0) is 0 Å². The molecule has 0 heterocycles. The number of hydrogen-bond donors (Lipinski definition) is 3. The third-order valence-corrected chi connectivity index (χ3v) is 3.45. The molecule has 2 aromatic carbocycles. The van der Waals surface area contributed by atoms with E-state index in [0.717, 1.165) is 6.07 Å². The molecule has 0 spiro atoms. The van der Waals surface area contributed by atoms with Crippen LogP contribution in [0.25, 0.3) is 0 Å². The molecule has 0 aliphatic carbocycles. The molecule has 1 amide bonds. The average Bonchev–Trinajstić information content (AvgIpc) is 2.43. The topological polar surface area (TPSA) is 92.4 Å². The van der Waals surface area contributed by atoms with Gasteiger partial charge in [0.2, 0.25) is 0 Å². The number of carboxylic acid groups (broad SMARTS) is 1. The predicted octanol–water partition coefficient (Wildman–Crippen LogP) is 3.12. The Balaban J connectivity index is 2.33. The largest absolute Gasteiger partial charge is 0.478 e. The number of carbonyl (C=O) groups is 2. The molecule has 0 fully saturated rings. The summed E-state index contributed by atoms with van der Waals surface area (Å²) in [7, 11) is 0. The zero-order valence-electron chi connectivity index (χ0n) is 10.6. The van der Waals surface area contributed by atoms with Crippen molar-refractivity contribution < 1.29 is 19.1 Å². The van der Waals surface area contributed by atoms with E-state index < -0.39 is 17.7 Å². The number of halogens is 2. The Kier molecular flexibility index (Phi) is 4.23. The monoisotopic (exact) mass is 352 g/mol. The van der Waals surface area contributed by atoms with Crippen LogP contribution in [0.4, 0.5) is 15.8 Å². The smallest absolute Gasteiger partial charge is 0.335 e. The quantitative estimate of drug-likeness (QED) is 0.740. The van der Waals surface area contributed by atoms with Crippen LogP contribution in [0.2, 0.25) is 0 Å². The van der Waals surface area contributed by atoms with E-state index in [0.29, 0.717) is 4.47 Å². The number of carboxylic acids is 1. The lowest BCUT2D eigenvalue weighted by Crippen LogP contribution is -2.15. The second-order valence-electron chi connectivity index (χ2n) is 4.15. The molecule has 7 heteroatoms. The Hall–Kier alpha value is -2.41. The molecule has 0 saturated carbocycles. The zero-order valence-corrected chi connectivity index (χ0v) is 12.1. The van der Waals surface area contributed by atoms with Gasteiger partial charge in [-0.05, 0) is 46.3 Å². The van der Waals surface area contributed by atoms with E-state index in [-0.39, 0.29) is 22.5 Å². The van der Waals surface area contributed by atoms with Crippen molar-refractivity contribution in [1.29, 1.82) is 0 Å². The highest BCUT2D eigenvalue weighted by Crippen LogP contribution is 2.25. The summed E-state index contributed by atoms with van der Waals surface area (Å²) in [5.74, 6) is -2.44. The van der Waals surface area contributed by atoms with Crippen LogP contribution < -0.4 is 11.1 Å². The molecule has 0 aliphatic heterocycles. The van der Waals surface area contributed by atoms with Crippen LogP contribution in [0.15, 0.2) is 40.9 Å². The number of nitrogens with one attached hydrogen (secondary N) is 1. The number of carbonyl (C=O) groups excluding carboxylic acids is 1. The fraction of sp³-hybridized carbons (Fsp3) is 0. The van der Waals surface area contributed by atoms with Gasteiger partial charge in [0, 0.05) is 4.47 Å². The SMILES string of the molecule is Nc1c(F)cccc1C(=O)Nc1cc(C(=O)O)ccc1Br. The number of nitrogens with two attached hydrogens (primary N) is 1. The summed E-state index contributed by atoms with van der Waals surface area (Å²) >= 11 is 3.20. The fourth-order valence-electron chi connectivity index (χ4n) is 1.68. The number of amides is 1. The highest BCUT2D eigenvalue weighted by Gasteiger charge is 2.15. The molecule has 2 aromatic rings. The molecule has 108 valence electrons. The maximum absolute atomic E-state index is 13.3. The summed E-state index contributed by atoms with van der Waals surface area (Å²) in [6.07, 6.45) is 0. The lowest BCUT2D eigenvalue weighted by molar-refractivity contribution is 0.0696. The molecule has 2 rings (SSSR count). The van der Waals surface area contributed by atoms with Gasteiger partial charge in [0.05, 0.1) is 22.5 Å². The van der Waals surface area contributed by atoms with Gasteiger partial charge in [0.25, 0.3) is 5.91 Å². The van der Waals surface area contributed by atoms with E-state index >= 15 is 0 Å². The maximum atomic E-state index is 13.3. The summed E-state index contributed by atoms with van der Waals surface area (Å²) in [6.45, 7) is 0. The van der Waals surface area contributed by atoms with Crippen molar-refractivity contribution in [1.82, 2.24) is 0 Å². The number of para-hydroxylation sites is 1. The molecule has 0 radical (unpaired) electrons. The second-order valence-corrected chi connectivity index (χ2v) is 5.01. The molecule has 0 aliphatic rings. The van der Waals surface area contributed by atoms with Gasteiger partial charge >= 0.3 is 5.97 Å². The Bertz CT molecular complexity index is 734. The number of hydrogen-bond acceptors (Lipinski definition) is 3. The number of rotatable bonds is 3. The van der Waals surface area contributed by atoms with Gasteiger partial charge in [-0.15, -0.1) is 0 Å². The Labute approximate surface area is 127 Å². The summed E-state index contributed by atoms with van der Waals surface area (Å²) in [4.78, 5) is 23.0. The Morgan fingerprint density at radius 3 is 2.62 bits per heavy atom. The average molecular weight is 353 g/mol. The molecule has 0 bridgehead atoms. The van der Waals surface area contributed by atoms with Crippen molar-refractivity contribution in [3.63, 3.8) is 0 Å². The molecule has 0 aromatic heterocycles. The normalized spacial score (nSPS) is 10.2. The van der Waals surface area contributed by atoms with Crippen LogP contribution in [-0.4, -0.2) is 17.0 Å². The van der Waals surface area contributed by atoms with Crippen LogP contribution in [0.3, 0.4) is 0 Å². The molecular weight excluding hydrogens is 343 g/mol. The first kappa shape index (κ1) is 15.0. The summed E-state index contributed by atoms with van der Waals surface area (Å²) in [5.41, 5.74) is 5.49. The van der Waals surface area contributed by atoms with Gasteiger partial charge in [-0.1, -0.05) is 6.07 Å². The van der Waals surface area contributed by atoms with Gasteiger partial charge < -0.3 is 16.2 Å². The highest BCUT2D eigenvalue weighted by molar-refractivity contribution is 9.10. The summed E-state index contributed by atoms with van der Waals surface area (Å²) in [5, 5.41) is 11.4. The van der Waals surface area contributed by atoms with E-state index in [2.05, 4.69) is 21.2 Å². The van der Waals surface area contributed by atoms with Gasteiger partial charge in [-0.25, -0.2) is 9.18 Å². The van der Waals surface area contributed by atoms with Crippen LogP contribution in [0.5, 0.6) is 0 Å². The van der Waals surface area contributed by atoms with Gasteiger partial charge in [0.1, 0.15) is 5.82 Å². The lowest BCUT2D eigenvalue weighted by Gasteiger charge is -2.10. The molecular formula is C14H10BrFN2O3. The first-order valence-electron chi connectivity index (χ1n) is 5.78. The molecule has 4 N–H and O–H groups in total. The third kappa shape index (κ3) is 3.19. The van der Waals surface area contributed by atoms with E-state index in [9.17, 15) is 14.0 Å². The molecule has 0 unspecified atom stereocenters. The Morgan fingerprint density at radius 2 is 1.95 bits per heavy atom. The van der Waals surface area contributed by atoms with E-state index in [1.807, 2.05) is 0 Å². The van der Waals surface area contributed by atoms with Gasteiger partial charge in [-0.3, -0.25) is 4.79 Å². The van der Waals surface area contributed by atoms with E-state index in [1.165, 1.54) is 30.3 Å². The molecule has 0 atom stereocenters. The number of benzene rings is 2. The van der Waals surface area contributed by atoms with Gasteiger partial charge in [0.15, 0.2) is 0 Å². The maximum Gasteiger partial charge on any atom is 0.335 e. The molecule has 0 saturated heterocycles. The highest BCUT2D eigenvalue weighted by atomic mass is 79.9. The van der Waals surface area contributed by atoms with Gasteiger partial charge in [-0.2, -0.15) is 0 Å². The van der Waals surface area contributed by atoms with Crippen LogP contribution in [0, 0.1) is 5.82 Å². The van der Waals surface area contributed by atoms with Crippen LogP contribution >= 0.6 is 15.9 Å². The minimum absolute atomic E-state index is 0.0146. The minimum Gasteiger partial charge on any atom is -0.478 e. The second kappa shape index (κ2) is 5.92. The summed E-state index contributed by atoms with van der Waals surface area (Å²) in [6, 6.07) is 8.06. The van der Waals surface area contributed by atoms with Crippen molar-refractivity contribution in [2.75, 3.05) is 11.1 Å². The molecule has 21 heavy (non-hydrogen) atoms. The van der Waals surface area contributed by atoms with Crippen molar-refractivity contribution >= 4 is 39.2 Å². The summed E-state index contributed by atoms with van der Waals surface area (Å²) < 4.78 is 13.8. The van der Waals surface area contributed by atoms with Crippen LogP contribution in [0.1, 0.15) is 20.7 Å². The molecule has 5 nitrogen and oxygen atoms in total. The lowest BCUT2D eigenvalue weighted by atomic mass is 10.1. The first-order chi connectivity index (χ1) is 9.90. The van der Waals surface area contributed by atoms with Crippen molar-refractivity contribution in [3.05, 3.63) is 57.8 Å². The number of anilines is 2. The first-order valence-corrected chi connectivity index (χ1v) is 6.57. The fourth-order valence-corrected chi connectivity index (χ4v) is 2.02. The van der Waals surface area contributed by atoms with Crippen molar-refractivity contribution in [2.45, 2.75) is 0 Å². The van der Waals surface area contributed by atoms with E-state index in [1.54, 1.807) is 0 Å². The minimum atomic E-state index is -1.12. The van der Waals surface area contributed by atoms with E-state index in [4.69, 9.17) is 10.8 Å². The zero-order chi connectivity index (χ0) is 15.6. The predicted molar refractivity (Wildman–Crippen MR) is 79.9 cm³/mol. The Morgan fingerprint density at radius 1 is 1.24 bits per heavy atom. The van der Waals surface area contributed by atoms with Crippen molar-refractivity contribution in [3.8, 4) is 0 Å². The number of aromatic carboxylic acids is 1. The third-order valence-electron chi connectivity index (χ3n) is 2.76. The number of nitrogen functional groups attached to an aromatic ring is 1.